The second kappa shape index (κ2) is 4.90. The van der Waals surface area contributed by atoms with Crippen LogP contribution < -0.4 is 0 Å². The monoisotopic (exact) mass is 224 g/mol. The Labute approximate surface area is 94.3 Å². The van der Waals surface area contributed by atoms with Gasteiger partial charge in [0.25, 0.3) is 0 Å². The van der Waals surface area contributed by atoms with Gasteiger partial charge >= 0.3 is 0 Å². The molecule has 82 valence electrons. The normalized spacial score (nSPS) is 25.7. The third kappa shape index (κ3) is 2.47. The topological polar surface area (TPSA) is 26.3 Å². The number of rotatable bonds is 4. The summed E-state index contributed by atoms with van der Waals surface area (Å²) in [5.41, 5.74) is 1.15. The van der Waals surface area contributed by atoms with Gasteiger partial charge in [0, 0.05) is 18.9 Å². The van der Waals surface area contributed by atoms with Crippen LogP contribution >= 0.6 is 11.3 Å². The molecule has 2 unspecified atom stereocenters. The Morgan fingerprint density at radius 2 is 2.53 bits per heavy atom. The van der Waals surface area contributed by atoms with Gasteiger partial charge in [0.05, 0.1) is 6.10 Å². The fourth-order valence-corrected chi connectivity index (χ4v) is 2.81. The van der Waals surface area contributed by atoms with Crippen molar-refractivity contribution >= 4 is 17.1 Å². The molecule has 1 saturated heterocycles. The van der Waals surface area contributed by atoms with Gasteiger partial charge in [0.2, 0.25) is 0 Å². The highest BCUT2D eigenvalue weighted by molar-refractivity contribution is 7.07. The van der Waals surface area contributed by atoms with E-state index in [1.165, 1.54) is 0 Å². The van der Waals surface area contributed by atoms with Crippen molar-refractivity contribution in [2.45, 2.75) is 32.3 Å². The Kier molecular flexibility index (Phi) is 3.54. The Morgan fingerprint density at radius 1 is 1.67 bits per heavy atom. The minimum Gasteiger partial charge on any atom is -0.377 e. The van der Waals surface area contributed by atoms with Crippen LogP contribution in [0.5, 0.6) is 0 Å². The second-order valence-electron chi connectivity index (χ2n) is 3.99. The number of carbonyl (C=O) groups excluding carboxylic acids is 1. The molecular formula is C12H16O2S. The molecule has 2 nitrogen and oxygen atoms in total. The lowest BCUT2D eigenvalue weighted by Gasteiger charge is -2.14. The van der Waals surface area contributed by atoms with E-state index in [2.05, 4.69) is 12.3 Å². The van der Waals surface area contributed by atoms with Crippen molar-refractivity contribution in [2.75, 3.05) is 6.61 Å². The van der Waals surface area contributed by atoms with E-state index in [4.69, 9.17) is 4.74 Å². The molecule has 1 aliphatic heterocycles. The molecular weight excluding hydrogens is 208 g/mol. The highest BCUT2D eigenvalue weighted by Gasteiger charge is 2.32. The van der Waals surface area contributed by atoms with E-state index >= 15 is 0 Å². The molecule has 2 rings (SSSR count). The molecule has 1 aliphatic rings. The summed E-state index contributed by atoms with van der Waals surface area (Å²) in [6.45, 7) is 2.83. The van der Waals surface area contributed by atoms with Gasteiger partial charge in [0.1, 0.15) is 5.78 Å². The van der Waals surface area contributed by atoms with Crippen molar-refractivity contribution in [1.29, 1.82) is 0 Å². The van der Waals surface area contributed by atoms with E-state index in [1.807, 2.05) is 11.4 Å². The van der Waals surface area contributed by atoms with Gasteiger partial charge in [-0.25, -0.2) is 0 Å². The Bertz CT molecular complexity index is 318. The zero-order chi connectivity index (χ0) is 10.7. The van der Waals surface area contributed by atoms with Crippen molar-refractivity contribution in [3.8, 4) is 0 Å². The van der Waals surface area contributed by atoms with E-state index in [0.29, 0.717) is 12.2 Å². The zero-order valence-electron chi connectivity index (χ0n) is 8.94. The Hall–Kier alpha value is -0.670. The lowest BCUT2D eigenvalue weighted by Crippen LogP contribution is -2.24. The van der Waals surface area contributed by atoms with Gasteiger partial charge in [0.15, 0.2) is 0 Å². The fraction of sp³-hybridized carbons (Fsp3) is 0.583. The lowest BCUT2D eigenvalue weighted by atomic mass is 9.92. The van der Waals surface area contributed by atoms with Crippen LogP contribution in [0.25, 0.3) is 0 Å². The molecule has 1 fully saturated rings. The van der Waals surface area contributed by atoms with E-state index in [1.54, 1.807) is 11.3 Å². The average Bonchev–Trinajstić information content (AvgIpc) is 2.86. The first-order chi connectivity index (χ1) is 7.31. The number of hydrogen-bond acceptors (Lipinski definition) is 3. The number of thiophene rings is 1. The summed E-state index contributed by atoms with van der Waals surface area (Å²) in [7, 11) is 0. The van der Waals surface area contributed by atoms with Crippen LogP contribution in [0, 0.1) is 5.92 Å². The number of Topliss-reactive ketones (excluding diaryl/α,β-unsaturated/α-hetero) is 1. The van der Waals surface area contributed by atoms with Gasteiger partial charge in [-0.05, 0) is 35.2 Å². The number of carbonyl (C=O) groups is 1. The van der Waals surface area contributed by atoms with E-state index in [9.17, 15) is 4.79 Å². The standard InChI is InChI=1S/C12H16O2S/c1-2-12-10(3-5-14-12)11(13)7-9-4-6-15-8-9/h4,6,8,10,12H,2-3,5,7H2,1H3. The first kappa shape index (κ1) is 10.8. The molecule has 0 amide bonds. The molecule has 0 bridgehead atoms. The largest absolute Gasteiger partial charge is 0.377 e. The highest BCUT2D eigenvalue weighted by atomic mass is 32.1. The zero-order valence-corrected chi connectivity index (χ0v) is 9.76. The first-order valence-corrected chi connectivity index (χ1v) is 6.41. The van der Waals surface area contributed by atoms with E-state index in [-0.39, 0.29) is 12.0 Å². The summed E-state index contributed by atoms with van der Waals surface area (Å²) in [4.78, 5) is 12.0. The molecule has 15 heavy (non-hydrogen) atoms. The van der Waals surface area contributed by atoms with Crippen molar-refractivity contribution in [2.24, 2.45) is 5.92 Å². The predicted octanol–water partition coefficient (Wildman–Crippen LogP) is 2.67. The molecule has 3 heteroatoms. The number of ketones is 1. The first-order valence-electron chi connectivity index (χ1n) is 5.46. The van der Waals surface area contributed by atoms with E-state index in [0.717, 1.165) is 25.0 Å². The number of hydrogen-bond donors (Lipinski definition) is 0. The summed E-state index contributed by atoms with van der Waals surface area (Å²) in [6, 6.07) is 2.03. The van der Waals surface area contributed by atoms with Crippen LogP contribution in [0.3, 0.4) is 0 Å². The maximum absolute atomic E-state index is 12.0. The Balaban J connectivity index is 1.96. The van der Waals surface area contributed by atoms with Crippen LogP contribution in [0.1, 0.15) is 25.3 Å². The third-order valence-corrected chi connectivity index (χ3v) is 3.72. The molecule has 0 aromatic carbocycles. The number of ether oxygens (including phenoxy) is 1. The van der Waals surface area contributed by atoms with Crippen molar-refractivity contribution in [3.63, 3.8) is 0 Å². The maximum atomic E-state index is 12.0. The van der Waals surface area contributed by atoms with E-state index < -0.39 is 0 Å². The quantitative estimate of drug-likeness (QED) is 0.786. The van der Waals surface area contributed by atoms with Gasteiger partial charge < -0.3 is 4.74 Å². The van der Waals surface area contributed by atoms with Gasteiger partial charge in [-0.1, -0.05) is 6.92 Å². The van der Waals surface area contributed by atoms with Crippen LogP contribution in [-0.4, -0.2) is 18.5 Å². The molecule has 0 N–H and O–H groups in total. The second-order valence-corrected chi connectivity index (χ2v) is 4.77. The lowest BCUT2D eigenvalue weighted by molar-refractivity contribution is -0.123. The Morgan fingerprint density at radius 3 is 3.20 bits per heavy atom. The SMILES string of the molecule is CCC1OCCC1C(=O)Cc1ccsc1. The summed E-state index contributed by atoms with van der Waals surface area (Å²) >= 11 is 1.65. The molecule has 0 spiro atoms. The molecule has 0 aliphatic carbocycles. The fourth-order valence-electron chi connectivity index (χ4n) is 2.14. The summed E-state index contributed by atoms with van der Waals surface area (Å²) in [5, 5.41) is 4.07. The van der Waals surface area contributed by atoms with Gasteiger partial charge in [-0.15, -0.1) is 0 Å². The van der Waals surface area contributed by atoms with Crippen LogP contribution in [0.2, 0.25) is 0 Å². The summed E-state index contributed by atoms with van der Waals surface area (Å²) in [5.74, 6) is 0.479. The molecule has 0 saturated carbocycles. The average molecular weight is 224 g/mol. The van der Waals surface area contributed by atoms with Gasteiger partial charge in [-0.2, -0.15) is 11.3 Å². The molecule has 2 heterocycles. The summed E-state index contributed by atoms with van der Waals surface area (Å²) < 4.78 is 5.54. The van der Waals surface area contributed by atoms with Crippen molar-refractivity contribution < 1.29 is 9.53 Å². The molecule has 1 aromatic heterocycles. The smallest absolute Gasteiger partial charge is 0.143 e. The van der Waals surface area contributed by atoms with Crippen LogP contribution in [-0.2, 0) is 16.0 Å². The van der Waals surface area contributed by atoms with Crippen LogP contribution in [0.15, 0.2) is 16.8 Å². The minimum atomic E-state index is 0.134. The van der Waals surface area contributed by atoms with Gasteiger partial charge in [-0.3, -0.25) is 4.79 Å². The predicted molar refractivity (Wildman–Crippen MR) is 61.2 cm³/mol. The third-order valence-electron chi connectivity index (χ3n) is 2.98. The summed E-state index contributed by atoms with van der Waals surface area (Å²) in [6.07, 6.45) is 2.59. The highest BCUT2D eigenvalue weighted by Crippen LogP contribution is 2.25. The molecule has 2 atom stereocenters. The van der Waals surface area contributed by atoms with Crippen molar-refractivity contribution in [1.82, 2.24) is 0 Å². The maximum Gasteiger partial charge on any atom is 0.143 e. The minimum absolute atomic E-state index is 0.134. The molecule has 0 radical (unpaired) electrons. The molecule has 1 aromatic rings. The van der Waals surface area contributed by atoms with Crippen molar-refractivity contribution in [3.05, 3.63) is 22.4 Å². The van der Waals surface area contributed by atoms with Crippen LogP contribution in [0.4, 0.5) is 0 Å².